The highest BCUT2D eigenvalue weighted by Crippen LogP contribution is 2.22. The van der Waals surface area contributed by atoms with E-state index in [4.69, 9.17) is 11.6 Å². The summed E-state index contributed by atoms with van der Waals surface area (Å²) in [6, 6.07) is 12.7. The summed E-state index contributed by atoms with van der Waals surface area (Å²) in [5.41, 5.74) is 3.00. The average Bonchev–Trinajstić information content (AvgIpc) is 2.61. The van der Waals surface area contributed by atoms with Gasteiger partial charge >= 0.3 is 0 Å². The number of aryl methyl sites for hydroxylation is 1. The van der Waals surface area contributed by atoms with Crippen molar-refractivity contribution in [2.75, 3.05) is 29.9 Å². The minimum atomic E-state index is -3.33. The fraction of sp³-hybridized carbons (Fsp3) is 0.316. The van der Waals surface area contributed by atoms with Gasteiger partial charge in [-0.15, -0.1) is 0 Å². The number of hydrogen-bond donors (Lipinski definition) is 1. The molecule has 146 valence electrons. The highest BCUT2D eigenvalue weighted by atomic mass is 35.5. The summed E-state index contributed by atoms with van der Waals surface area (Å²) in [4.78, 5) is 12.3. The number of nitrogens with zero attached hydrogens (tertiary/aromatic N) is 1. The first kappa shape index (κ1) is 21.6. The molecular weight excluding hydrogens is 404 g/mol. The van der Waals surface area contributed by atoms with Crippen LogP contribution in [0.2, 0.25) is 5.02 Å². The molecule has 27 heavy (non-hydrogen) atoms. The van der Waals surface area contributed by atoms with E-state index in [1.54, 1.807) is 36.9 Å². The van der Waals surface area contributed by atoms with E-state index in [1.165, 1.54) is 16.9 Å². The maximum atomic E-state index is 12.3. The molecule has 8 heteroatoms. The van der Waals surface area contributed by atoms with Crippen LogP contribution >= 0.6 is 23.4 Å². The van der Waals surface area contributed by atoms with Gasteiger partial charge in [-0.25, -0.2) is 8.42 Å². The Hall–Kier alpha value is -1.70. The van der Waals surface area contributed by atoms with Gasteiger partial charge in [-0.3, -0.25) is 9.10 Å². The predicted octanol–water partition coefficient (Wildman–Crippen LogP) is 3.71. The van der Waals surface area contributed by atoms with E-state index < -0.39 is 10.0 Å². The molecule has 0 aliphatic rings. The van der Waals surface area contributed by atoms with Crippen LogP contribution in [0.5, 0.6) is 0 Å². The first-order valence-corrected chi connectivity index (χ1v) is 11.7. The van der Waals surface area contributed by atoms with Crippen molar-refractivity contribution in [3.63, 3.8) is 0 Å². The molecule has 1 amide bonds. The fourth-order valence-electron chi connectivity index (χ4n) is 2.44. The molecule has 0 fully saturated rings. The molecule has 0 heterocycles. The zero-order valence-electron chi connectivity index (χ0n) is 15.5. The summed E-state index contributed by atoms with van der Waals surface area (Å²) in [5.74, 6) is 1.49. The first-order valence-electron chi connectivity index (χ1n) is 8.33. The van der Waals surface area contributed by atoms with Crippen molar-refractivity contribution in [3.8, 4) is 0 Å². The number of rotatable bonds is 8. The maximum Gasteiger partial charge on any atom is 0.251 e. The van der Waals surface area contributed by atoms with Crippen LogP contribution in [0.25, 0.3) is 0 Å². The number of amides is 1. The number of halogens is 1. The molecule has 0 bridgehead atoms. The molecule has 0 aliphatic heterocycles. The maximum absolute atomic E-state index is 12.3. The molecular formula is C19H23ClN2O3S2. The highest BCUT2D eigenvalue weighted by Gasteiger charge is 2.15. The van der Waals surface area contributed by atoms with Crippen LogP contribution in [0.4, 0.5) is 5.69 Å². The Morgan fingerprint density at radius 1 is 1.19 bits per heavy atom. The summed E-state index contributed by atoms with van der Waals surface area (Å²) in [5, 5.41) is 3.61. The third-order valence-corrected chi connectivity index (χ3v) is 6.48. The van der Waals surface area contributed by atoms with Gasteiger partial charge in [0.1, 0.15) is 0 Å². The Labute approximate surface area is 170 Å². The van der Waals surface area contributed by atoms with E-state index in [-0.39, 0.29) is 5.91 Å². The normalized spacial score (nSPS) is 11.3. The van der Waals surface area contributed by atoms with Crippen LogP contribution < -0.4 is 9.62 Å². The zero-order valence-corrected chi connectivity index (χ0v) is 17.9. The number of nitrogens with one attached hydrogen (secondary N) is 1. The lowest BCUT2D eigenvalue weighted by atomic mass is 10.1. The lowest BCUT2D eigenvalue weighted by Crippen LogP contribution is -2.27. The third kappa shape index (κ3) is 6.45. The molecule has 0 atom stereocenters. The summed E-state index contributed by atoms with van der Waals surface area (Å²) < 4.78 is 24.5. The molecule has 0 spiro atoms. The molecule has 1 N–H and O–H groups in total. The molecule has 2 aromatic carbocycles. The number of sulfonamides is 1. The van der Waals surface area contributed by atoms with Crippen LogP contribution in [0, 0.1) is 6.92 Å². The van der Waals surface area contributed by atoms with Gasteiger partial charge in [0.25, 0.3) is 5.91 Å². The van der Waals surface area contributed by atoms with Crippen molar-refractivity contribution in [1.29, 1.82) is 0 Å². The third-order valence-electron chi connectivity index (χ3n) is 4.01. The van der Waals surface area contributed by atoms with E-state index in [0.717, 1.165) is 28.3 Å². The second kappa shape index (κ2) is 9.48. The number of carbonyl (C=O) groups is 1. The van der Waals surface area contributed by atoms with Crippen LogP contribution in [0.3, 0.4) is 0 Å². The monoisotopic (exact) mass is 426 g/mol. The van der Waals surface area contributed by atoms with E-state index in [2.05, 4.69) is 5.32 Å². The molecule has 2 rings (SSSR count). The summed E-state index contributed by atoms with van der Waals surface area (Å²) in [6.45, 7) is 2.34. The smallest absolute Gasteiger partial charge is 0.251 e. The Morgan fingerprint density at radius 3 is 2.44 bits per heavy atom. The Morgan fingerprint density at radius 2 is 1.85 bits per heavy atom. The fourth-order valence-corrected chi connectivity index (χ4v) is 3.95. The van der Waals surface area contributed by atoms with E-state index >= 15 is 0 Å². The van der Waals surface area contributed by atoms with Crippen molar-refractivity contribution in [3.05, 3.63) is 64.2 Å². The molecule has 0 radical (unpaired) electrons. The molecule has 0 saturated carbocycles. The predicted molar refractivity (Wildman–Crippen MR) is 114 cm³/mol. The number of benzene rings is 2. The lowest BCUT2D eigenvalue weighted by molar-refractivity contribution is 0.0956. The van der Waals surface area contributed by atoms with Gasteiger partial charge in [0, 0.05) is 35.7 Å². The largest absolute Gasteiger partial charge is 0.351 e. The van der Waals surface area contributed by atoms with Gasteiger partial charge in [0.05, 0.1) is 11.9 Å². The van der Waals surface area contributed by atoms with E-state index in [0.29, 0.717) is 17.8 Å². The van der Waals surface area contributed by atoms with Crippen molar-refractivity contribution >= 4 is 45.0 Å². The molecule has 5 nitrogen and oxygen atoms in total. The summed E-state index contributed by atoms with van der Waals surface area (Å²) in [6.07, 6.45) is 1.15. The SMILES string of the molecule is Cc1cc(C(=O)NCCSCc2ccc(Cl)cc2)ccc1N(C)S(C)(=O)=O. The topological polar surface area (TPSA) is 66.5 Å². The van der Waals surface area contributed by atoms with E-state index in [1.807, 2.05) is 24.3 Å². The van der Waals surface area contributed by atoms with Gasteiger partial charge in [0.2, 0.25) is 10.0 Å². The standard InChI is InChI=1S/C19H23ClN2O3S2/c1-14-12-16(6-9-18(14)22(2)27(3,24)25)19(23)21-10-11-26-13-15-4-7-17(20)8-5-15/h4-9,12H,10-11,13H2,1-3H3,(H,21,23). The average molecular weight is 427 g/mol. The van der Waals surface area contributed by atoms with Gasteiger partial charge < -0.3 is 5.32 Å². The van der Waals surface area contributed by atoms with Crippen molar-refractivity contribution in [2.24, 2.45) is 0 Å². The minimum Gasteiger partial charge on any atom is -0.351 e. The Balaban J connectivity index is 1.83. The second-order valence-electron chi connectivity index (χ2n) is 6.17. The lowest BCUT2D eigenvalue weighted by Gasteiger charge is -2.19. The molecule has 0 aromatic heterocycles. The zero-order chi connectivity index (χ0) is 20.0. The summed E-state index contributed by atoms with van der Waals surface area (Å²) >= 11 is 7.59. The first-order chi connectivity index (χ1) is 12.7. The highest BCUT2D eigenvalue weighted by molar-refractivity contribution is 7.98. The van der Waals surface area contributed by atoms with Gasteiger partial charge in [0.15, 0.2) is 0 Å². The van der Waals surface area contributed by atoms with Gasteiger partial charge in [-0.05, 0) is 48.4 Å². The quantitative estimate of drug-likeness (QED) is 0.653. The second-order valence-corrected chi connectivity index (χ2v) is 9.72. The van der Waals surface area contributed by atoms with Crippen molar-refractivity contribution < 1.29 is 13.2 Å². The van der Waals surface area contributed by atoms with Gasteiger partial charge in [-0.2, -0.15) is 11.8 Å². The molecule has 0 aliphatic carbocycles. The number of anilines is 1. The molecule has 0 saturated heterocycles. The molecule has 0 unspecified atom stereocenters. The Kier molecular flexibility index (Phi) is 7.59. The summed E-state index contributed by atoms with van der Waals surface area (Å²) in [7, 11) is -1.84. The van der Waals surface area contributed by atoms with Crippen molar-refractivity contribution in [2.45, 2.75) is 12.7 Å². The van der Waals surface area contributed by atoms with Crippen LogP contribution in [0.15, 0.2) is 42.5 Å². The van der Waals surface area contributed by atoms with Crippen LogP contribution in [-0.4, -0.2) is 39.9 Å². The van der Waals surface area contributed by atoms with Crippen LogP contribution in [-0.2, 0) is 15.8 Å². The number of thioether (sulfide) groups is 1. The Bertz CT molecular complexity index is 900. The van der Waals surface area contributed by atoms with Crippen molar-refractivity contribution in [1.82, 2.24) is 5.32 Å². The number of hydrogen-bond acceptors (Lipinski definition) is 4. The van der Waals surface area contributed by atoms with Gasteiger partial charge in [-0.1, -0.05) is 23.7 Å². The van der Waals surface area contributed by atoms with E-state index in [9.17, 15) is 13.2 Å². The molecule has 2 aromatic rings. The van der Waals surface area contributed by atoms with Crippen LogP contribution in [0.1, 0.15) is 21.5 Å². The number of carbonyl (C=O) groups excluding carboxylic acids is 1. The minimum absolute atomic E-state index is 0.168.